The second kappa shape index (κ2) is 7.09. The van der Waals surface area contributed by atoms with E-state index in [0.29, 0.717) is 12.4 Å². The van der Waals surface area contributed by atoms with Gasteiger partial charge in [0.1, 0.15) is 5.82 Å². The molecule has 0 fully saturated rings. The summed E-state index contributed by atoms with van der Waals surface area (Å²) in [5, 5.41) is 6.98. The van der Waals surface area contributed by atoms with Crippen LogP contribution in [0.4, 0.5) is 11.5 Å². The highest BCUT2D eigenvalue weighted by atomic mass is 32.2. The summed E-state index contributed by atoms with van der Waals surface area (Å²) < 4.78 is 1.62. The molecule has 0 aliphatic carbocycles. The van der Waals surface area contributed by atoms with Crippen molar-refractivity contribution in [2.45, 2.75) is 24.7 Å². The fraction of sp³-hybridized carbons (Fsp3) is 0.353. The molecule has 24 heavy (non-hydrogen) atoms. The van der Waals surface area contributed by atoms with Gasteiger partial charge in [0, 0.05) is 43.1 Å². The van der Waals surface area contributed by atoms with Gasteiger partial charge in [0.25, 0.3) is 0 Å². The number of amides is 2. The van der Waals surface area contributed by atoms with Crippen LogP contribution in [0.2, 0.25) is 0 Å². The average molecular weight is 344 g/mol. The summed E-state index contributed by atoms with van der Waals surface area (Å²) in [4.78, 5) is 27.5. The molecule has 1 N–H and O–H groups in total. The molecule has 2 heterocycles. The van der Waals surface area contributed by atoms with Crippen LogP contribution in [-0.2, 0) is 16.6 Å². The molecule has 1 aromatic carbocycles. The molecular weight excluding hydrogens is 324 g/mol. The Labute approximate surface area is 145 Å². The first-order valence-corrected chi connectivity index (χ1v) is 8.86. The van der Waals surface area contributed by atoms with Crippen LogP contribution in [0.3, 0.4) is 0 Å². The number of carbonyl (C=O) groups excluding carboxylic acids is 2. The van der Waals surface area contributed by atoms with E-state index in [9.17, 15) is 9.59 Å². The van der Waals surface area contributed by atoms with E-state index in [2.05, 4.69) is 10.4 Å². The quantitative estimate of drug-likeness (QED) is 0.926. The van der Waals surface area contributed by atoms with Crippen molar-refractivity contribution in [2.75, 3.05) is 22.5 Å². The summed E-state index contributed by atoms with van der Waals surface area (Å²) in [6, 6.07) is 9.69. The third kappa shape index (κ3) is 3.62. The molecule has 2 aromatic rings. The zero-order valence-corrected chi connectivity index (χ0v) is 14.6. The fourth-order valence-corrected chi connectivity index (χ4v) is 3.71. The normalized spacial score (nSPS) is 13.5. The molecule has 0 unspecified atom stereocenters. The topological polar surface area (TPSA) is 67.2 Å². The maximum absolute atomic E-state index is 12.5. The molecule has 3 rings (SSSR count). The molecule has 126 valence electrons. The van der Waals surface area contributed by atoms with Crippen molar-refractivity contribution in [1.82, 2.24) is 9.78 Å². The van der Waals surface area contributed by atoms with E-state index in [1.54, 1.807) is 34.5 Å². The summed E-state index contributed by atoms with van der Waals surface area (Å²) in [6.07, 6.45) is 0.358. The maximum atomic E-state index is 12.5. The molecule has 1 aliphatic heterocycles. The Hall–Kier alpha value is -2.28. The van der Waals surface area contributed by atoms with E-state index < -0.39 is 0 Å². The van der Waals surface area contributed by atoms with E-state index in [1.807, 2.05) is 31.2 Å². The van der Waals surface area contributed by atoms with Gasteiger partial charge in [0.15, 0.2) is 0 Å². The largest absolute Gasteiger partial charge is 0.311 e. The zero-order chi connectivity index (χ0) is 17.1. The Morgan fingerprint density at radius 3 is 2.83 bits per heavy atom. The average Bonchev–Trinajstić information content (AvgIpc) is 2.89. The highest BCUT2D eigenvalue weighted by molar-refractivity contribution is 7.99. The molecule has 1 aromatic heterocycles. The number of thioether (sulfide) groups is 1. The van der Waals surface area contributed by atoms with Crippen molar-refractivity contribution in [1.29, 1.82) is 0 Å². The van der Waals surface area contributed by atoms with Crippen LogP contribution in [0, 0.1) is 6.92 Å². The smallest absolute Gasteiger partial charge is 0.227 e. The van der Waals surface area contributed by atoms with E-state index in [1.165, 1.54) is 0 Å². The van der Waals surface area contributed by atoms with E-state index >= 15 is 0 Å². The molecule has 6 nitrogen and oxygen atoms in total. The summed E-state index contributed by atoms with van der Waals surface area (Å²) in [5.74, 6) is 1.33. The summed E-state index contributed by atoms with van der Waals surface area (Å²) in [7, 11) is 1.77. The highest BCUT2D eigenvalue weighted by Crippen LogP contribution is 2.34. The summed E-state index contributed by atoms with van der Waals surface area (Å²) >= 11 is 1.76. The standard InChI is InChI=1S/C17H20N4O2S/c1-12-11-15(20(2)19-12)18-16(22)7-8-17(23)21-9-10-24-14-6-4-3-5-13(14)21/h3-6,11H,7-10H2,1-2H3,(H,18,22). The third-order valence-electron chi connectivity index (χ3n) is 3.86. The first-order chi connectivity index (χ1) is 11.5. The SMILES string of the molecule is Cc1cc(NC(=O)CCC(=O)N2CCSc3ccccc32)n(C)n1. The van der Waals surface area contributed by atoms with Crippen molar-refractivity contribution >= 4 is 35.1 Å². The van der Waals surface area contributed by atoms with Crippen LogP contribution >= 0.6 is 11.8 Å². The number of rotatable bonds is 4. The van der Waals surface area contributed by atoms with Gasteiger partial charge in [-0.05, 0) is 19.1 Å². The predicted molar refractivity (Wildman–Crippen MR) is 95.3 cm³/mol. The lowest BCUT2D eigenvalue weighted by Crippen LogP contribution is -2.35. The van der Waals surface area contributed by atoms with Gasteiger partial charge in [0.2, 0.25) is 11.8 Å². The summed E-state index contributed by atoms with van der Waals surface area (Å²) in [5.41, 5.74) is 1.78. The van der Waals surface area contributed by atoms with Gasteiger partial charge in [-0.1, -0.05) is 12.1 Å². The minimum atomic E-state index is -0.175. The number of benzene rings is 1. The van der Waals surface area contributed by atoms with Crippen LogP contribution in [-0.4, -0.2) is 33.9 Å². The molecule has 1 aliphatic rings. The lowest BCUT2D eigenvalue weighted by atomic mass is 10.2. The van der Waals surface area contributed by atoms with Crippen molar-refractivity contribution in [3.05, 3.63) is 36.0 Å². The molecule has 0 atom stereocenters. The number of aromatic nitrogens is 2. The van der Waals surface area contributed by atoms with Crippen LogP contribution in [0.25, 0.3) is 0 Å². The molecular formula is C17H20N4O2S. The minimum absolute atomic E-state index is 0.0147. The molecule has 7 heteroatoms. The number of hydrogen-bond acceptors (Lipinski definition) is 4. The lowest BCUT2D eigenvalue weighted by molar-refractivity contribution is -0.122. The molecule has 2 amide bonds. The van der Waals surface area contributed by atoms with E-state index in [-0.39, 0.29) is 24.7 Å². The molecule has 0 radical (unpaired) electrons. The molecule has 0 bridgehead atoms. The van der Waals surface area contributed by atoms with E-state index in [4.69, 9.17) is 0 Å². The second-order valence-electron chi connectivity index (χ2n) is 5.70. The first kappa shape index (κ1) is 16.6. The van der Waals surface area contributed by atoms with Gasteiger partial charge >= 0.3 is 0 Å². The number of hydrogen-bond donors (Lipinski definition) is 1. The molecule has 0 saturated carbocycles. The Morgan fingerprint density at radius 2 is 2.08 bits per heavy atom. The number of carbonyl (C=O) groups is 2. The van der Waals surface area contributed by atoms with Crippen LogP contribution in [0.5, 0.6) is 0 Å². The van der Waals surface area contributed by atoms with Gasteiger partial charge in [-0.2, -0.15) is 5.10 Å². The fourth-order valence-electron chi connectivity index (χ4n) is 2.72. The summed E-state index contributed by atoms with van der Waals surface area (Å²) in [6.45, 7) is 2.55. The first-order valence-electron chi connectivity index (χ1n) is 7.87. The van der Waals surface area contributed by atoms with Gasteiger partial charge in [0.05, 0.1) is 11.4 Å². The zero-order valence-electron chi connectivity index (χ0n) is 13.8. The number of para-hydroxylation sites is 1. The molecule has 0 saturated heterocycles. The number of anilines is 2. The minimum Gasteiger partial charge on any atom is -0.311 e. The van der Waals surface area contributed by atoms with Gasteiger partial charge < -0.3 is 10.2 Å². The Bertz CT molecular complexity index is 772. The maximum Gasteiger partial charge on any atom is 0.227 e. The third-order valence-corrected chi connectivity index (χ3v) is 4.91. The lowest BCUT2D eigenvalue weighted by Gasteiger charge is -2.29. The van der Waals surface area contributed by atoms with Crippen molar-refractivity contribution in [3.8, 4) is 0 Å². The van der Waals surface area contributed by atoms with E-state index in [0.717, 1.165) is 22.0 Å². The second-order valence-corrected chi connectivity index (χ2v) is 6.84. The number of fused-ring (bicyclic) bond motifs is 1. The van der Waals surface area contributed by atoms with Crippen LogP contribution in [0.1, 0.15) is 18.5 Å². The Balaban J connectivity index is 1.58. The monoisotopic (exact) mass is 344 g/mol. The number of nitrogens with one attached hydrogen (secondary N) is 1. The van der Waals surface area contributed by atoms with Gasteiger partial charge in [-0.25, -0.2) is 0 Å². The van der Waals surface area contributed by atoms with Crippen molar-refractivity contribution in [3.63, 3.8) is 0 Å². The van der Waals surface area contributed by atoms with Gasteiger partial charge in [-0.15, -0.1) is 11.8 Å². The van der Waals surface area contributed by atoms with Crippen LogP contribution < -0.4 is 10.2 Å². The highest BCUT2D eigenvalue weighted by Gasteiger charge is 2.23. The van der Waals surface area contributed by atoms with Crippen molar-refractivity contribution < 1.29 is 9.59 Å². The van der Waals surface area contributed by atoms with Crippen molar-refractivity contribution in [2.24, 2.45) is 7.05 Å². The predicted octanol–water partition coefficient (Wildman–Crippen LogP) is 2.59. The Morgan fingerprint density at radius 1 is 1.29 bits per heavy atom. The number of aryl methyl sites for hydroxylation is 2. The van der Waals surface area contributed by atoms with Gasteiger partial charge in [-0.3, -0.25) is 14.3 Å². The molecule has 0 spiro atoms. The van der Waals surface area contributed by atoms with Crippen LogP contribution in [0.15, 0.2) is 35.2 Å². The Kier molecular flexibility index (Phi) is 4.89. The number of nitrogens with zero attached hydrogens (tertiary/aromatic N) is 3.